The van der Waals surface area contributed by atoms with E-state index in [0.717, 1.165) is 25.9 Å². The van der Waals surface area contributed by atoms with Gasteiger partial charge in [0.15, 0.2) is 0 Å². The van der Waals surface area contributed by atoms with Crippen molar-refractivity contribution in [2.75, 3.05) is 18.4 Å². The lowest BCUT2D eigenvalue weighted by Gasteiger charge is -2.22. The summed E-state index contributed by atoms with van der Waals surface area (Å²) in [6.45, 7) is 5.56. The first-order valence-electron chi connectivity index (χ1n) is 6.09. The zero-order chi connectivity index (χ0) is 13.5. The van der Waals surface area contributed by atoms with Crippen LogP contribution in [0.25, 0.3) is 0 Å². The number of nitrogens with one attached hydrogen (secondary N) is 1. The summed E-state index contributed by atoms with van der Waals surface area (Å²) in [6.07, 6.45) is 1.85. The first-order chi connectivity index (χ1) is 8.58. The Kier molecular flexibility index (Phi) is 6.30. The molecular formula is C13H18Cl2N2O. The summed E-state index contributed by atoms with van der Waals surface area (Å²) in [5.74, 6) is 0. The van der Waals surface area contributed by atoms with Crippen molar-refractivity contribution in [2.24, 2.45) is 0 Å². The topological polar surface area (TPSA) is 32.3 Å². The third kappa shape index (κ3) is 4.39. The number of hydrogen-bond donors (Lipinski definition) is 1. The number of halogens is 2. The van der Waals surface area contributed by atoms with Crippen LogP contribution in [0.5, 0.6) is 0 Å². The highest BCUT2D eigenvalue weighted by molar-refractivity contribution is 6.35. The Morgan fingerprint density at radius 3 is 2.39 bits per heavy atom. The van der Waals surface area contributed by atoms with Crippen LogP contribution in [0.15, 0.2) is 18.2 Å². The number of rotatable bonds is 5. The Hall–Kier alpha value is -0.930. The Balaban J connectivity index is 2.75. The van der Waals surface area contributed by atoms with E-state index in [4.69, 9.17) is 23.2 Å². The van der Waals surface area contributed by atoms with Crippen molar-refractivity contribution < 1.29 is 4.79 Å². The van der Waals surface area contributed by atoms with E-state index >= 15 is 0 Å². The summed E-state index contributed by atoms with van der Waals surface area (Å²) in [4.78, 5) is 13.8. The molecule has 0 saturated carbocycles. The molecule has 0 aromatic heterocycles. The molecule has 0 heterocycles. The van der Waals surface area contributed by atoms with Gasteiger partial charge in [-0.05, 0) is 31.0 Å². The van der Waals surface area contributed by atoms with Crippen LogP contribution < -0.4 is 5.32 Å². The van der Waals surface area contributed by atoms with Gasteiger partial charge < -0.3 is 10.2 Å². The first kappa shape index (κ1) is 15.1. The highest BCUT2D eigenvalue weighted by Crippen LogP contribution is 2.25. The Labute approximate surface area is 118 Å². The lowest BCUT2D eigenvalue weighted by Crippen LogP contribution is -2.36. The van der Waals surface area contributed by atoms with Gasteiger partial charge in [0.1, 0.15) is 0 Å². The van der Waals surface area contributed by atoms with Crippen LogP contribution in [0.2, 0.25) is 10.0 Å². The molecule has 18 heavy (non-hydrogen) atoms. The number of urea groups is 1. The highest BCUT2D eigenvalue weighted by Gasteiger charge is 2.13. The van der Waals surface area contributed by atoms with Crippen LogP contribution in [-0.4, -0.2) is 24.0 Å². The highest BCUT2D eigenvalue weighted by atomic mass is 35.5. The molecule has 0 radical (unpaired) electrons. The van der Waals surface area contributed by atoms with Crippen LogP contribution in [0.3, 0.4) is 0 Å². The molecule has 0 spiro atoms. The summed E-state index contributed by atoms with van der Waals surface area (Å²) in [7, 11) is 0. The molecule has 0 fully saturated rings. The summed E-state index contributed by atoms with van der Waals surface area (Å²) >= 11 is 11.9. The van der Waals surface area contributed by atoms with Gasteiger partial charge in [0, 0.05) is 18.1 Å². The molecule has 1 aromatic carbocycles. The molecule has 0 aliphatic heterocycles. The molecule has 2 amide bonds. The van der Waals surface area contributed by atoms with Crippen molar-refractivity contribution in [3.63, 3.8) is 0 Å². The third-order valence-electron chi connectivity index (χ3n) is 2.44. The van der Waals surface area contributed by atoms with Crippen molar-refractivity contribution in [1.29, 1.82) is 0 Å². The van der Waals surface area contributed by atoms with E-state index < -0.39 is 0 Å². The Morgan fingerprint density at radius 1 is 1.22 bits per heavy atom. The Morgan fingerprint density at radius 2 is 1.83 bits per heavy atom. The molecule has 0 atom stereocenters. The minimum absolute atomic E-state index is 0.136. The molecule has 100 valence electrons. The SMILES string of the molecule is CCCN(CCC)C(=O)Nc1cc(Cl)ccc1Cl. The number of carbonyl (C=O) groups excluding carboxylic acids is 1. The van der Waals surface area contributed by atoms with Crippen LogP contribution in [-0.2, 0) is 0 Å². The van der Waals surface area contributed by atoms with E-state index in [-0.39, 0.29) is 6.03 Å². The van der Waals surface area contributed by atoms with Gasteiger partial charge in [-0.25, -0.2) is 4.79 Å². The predicted molar refractivity (Wildman–Crippen MR) is 77.6 cm³/mol. The van der Waals surface area contributed by atoms with Gasteiger partial charge in [-0.2, -0.15) is 0 Å². The zero-order valence-corrected chi connectivity index (χ0v) is 12.2. The second-order valence-electron chi connectivity index (χ2n) is 4.04. The third-order valence-corrected chi connectivity index (χ3v) is 3.01. The molecule has 0 bridgehead atoms. The fourth-order valence-corrected chi connectivity index (χ4v) is 1.98. The van der Waals surface area contributed by atoms with Crippen LogP contribution in [0.1, 0.15) is 26.7 Å². The normalized spacial score (nSPS) is 10.2. The fraction of sp³-hybridized carbons (Fsp3) is 0.462. The molecule has 0 aliphatic rings. The summed E-state index contributed by atoms with van der Waals surface area (Å²) in [5, 5.41) is 3.83. The number of anilines is 1. The minimum Gasteiger partial charge on any atom is -0.325 e. The number of nitrogens with zero attached hydrogens (tertiary/aromatic N) is 1. The van der Waals surface area contributed by atoms with E-state index in [1.165, 1.54) is 0 Å². The van der Waals surface area contributed by atoms with Gasteiger partial charge in [-0.15, -0.1) is 0 Å². The van der Waals surface area contributed by atoms with Gasteiger partial charge in [-0.1, -0.05) is 37.0 Å². The molecule has 1 N–H and O–H groups in total. The van der Waals surface area contributed by atoms with Crippen LogP contribution >= 0.6 is 23.2 Å². The molecule has 3 nitrogen and oxygen atoms in total. The Bertz CT molecular complexity index is 404. The maximum Gasteiger partial charge on any atom is 0.321 e. The molecule has 0 saturated heterocycles. The molecular weight excluding hydrogens is 271 g/mol. The van der Waals surface area contributed by atoms with Gasteiger partial charge in [0.25, 0.3) is 0 Å². The number of carbonyl (C=O) groups is 1. The van der Waals surface area contributed by atoms with Crippen LogP contribution in [0.4, 0.5) is 10.5 Å². The molecule has 5 heteroatoms. The summed E-state index contributed by atoms with van der Waals surface area (Å²) < 4.78 is 0. The van der Waals surface area contributed by atoms with Gasteiger partial charge >= 0.3 is 6.03 Å². The van der Waals surface area contributed by atoms with Gasteiger partial charge in [0.2, 0.25) is 0 Å². The first-order valence-corrected chi connectivity index (χ1v) is 6.85. The lowest BCUT2D eigenvalue weighted by molar-refractivity contribution is 0.211. The van der Waals surface area contributed by atoms with Crippen molar-refractivity contribution >= 4 is 34.9 Å². The smallest absolute Gasteiger partial charge is 0.321 e. The minimum atomic E-state index is -0.136. The number of hydrogen-bond acceptors (Lipinski definition) is 1. The van der Waals surface area contributed by atoms with Crippen molar-refractivity contribution in [3.8, 4) is 0 Å². The average Bonchev–Trinajstić information content (AvgIpc) is 2.33. The monoisotopic (exact) mass is 288 g/mol. The van der Waals surface area contributed by atoms with E-state index in [1.807, 2.05) is 13.8 Å². The maximum absolute atomic E-state index is 12.1. The summed E-state index contributed by atoms with van der Waals surface area (Å²) in [5.41, 5.74) is 0.548. The largest absolute Gasteiger partial charge is 0.325 e. The standard InChI is InChI=1S/C13H18Cl2N2O/c1-3-7-17(8-4-2)13(18)16-12-9-10(14)5-6-11(12)15/h5-6,9H,3-4,7-8H2,1-2H3,(H,16,18). The second kappa shape index (κ2) is 7.49. The van der Waals surface area contributed by atoms with Gasteiger partial charge in [-0.3, -0.25) is 0 Å². The fourth-order valence-electron chi connectivity index (χ4n) is 1.64. The molecule has 1 rings (SSSR count). The number of benzene rings is 1. The number of amides is 2. The van der Waals surface area contributed by atoms with E-state index in [0.29, 0.717) is 15.7 Å². The molecule has 1 aromatic rings. The van der Waals surface area contributed by atoms with Gasteiger partial charge in [0.05, 0.1) is 10.7 Å². The lowest BCUT2D eigenvalue weighted by atomic mass is 10.3. The quantitative estimate of drug-likeness (QED) is 0.841. The zero-order valence-electron chi connectivity index (χ0n) is 10.7. The van der Waals surface area contributed by atoms with Crippen LogP contribution in [0, 0.1) is 0 Å². The maximum atomic E-state index is 12.1. The average molecular weight is 289 g/mol. The molecule has 0 aliphatic carbocycles. The van der Waals surface area contributed by atoms with Crippen molar-refractivity contribution in [1.82, 2.24) is 4.90 Å². The van der Waals surface area contributed by atoms with Crippen molar-refractivity contribution in [2.45, 2.75) is 26.7 Å². The molecule has 0 unspecified atom stereocenters. The summed E-state index contributed by atoms with van der Waals surface area (Å²) in [6, 6.07) is 4.87. The van der Waals surface area contributed by atoms with Crippen molar-refractivity contribution in [3.05, 3.63) is 28.2 Å². The van der Waals surface area contributed by atoms with E-state index in [2.05, 4.69) is 5.32 Å². The van der Waals surface area contributed by atoms with E-state index in [9.17, 15) is 4.79 Å². The van der Waals surface area contributed by atoms with E-state index in [1.54, 1.807) is 23.1 Å². The second-order valence-corrected chi connectivity index (χ2v) is 4.89. The predicted octanol–water partition coefficient (Wildman–Crippen LogP) is 4.65.